The number of aromatic carboxylic acids is 1. The molecular formula is C11H13NO6S. The standard InChI is InChI=1S/C11H13NO6S/c1-2-18-10(13)7-19(16,17)12-9-6-4-3-5-8(9)11(14)15/h3-6,12H,2,7H2,1H3,(H,14,15). The minimum absolute atomic E-state index is 0.0695. The third-order valence-electron chi connectivity index (χ3n) is 2.04. The third kappa shape index (κ3) is 4.59. The number of anilines is 1. The molecule has 1 aromatic carbocycles. The second-order valence-electron chi connectivity index (χ2n) is 3.52. The number of rotatable bonds is 6. The SMILES string of the molecule is CCOC(=O)CS(=O)(=O)Nc1ccccc1C(=O)O. The number of nitrogens with one attached hydrogen (secondary N) is 1. The Bertz CT molecular complexity index is 581. The van der Waals surface area contributed by atoms with Crippen LogP contribution in [0, 0.1) is 0 Å². The average molecular weight is 287 g/mol. The number of hydrogen-bond acceptors (Lipinski definition) is 5. The minimum atomic E-state index is -4.00. The van der Waals surface area contributed by atoms with Crippen LogP contribution in [0.15, 0.2) is 24.3 Å². The van der Waals surface area contributed by atoms with Crippen molar-refractivity contribution < 1.29 is 27.9 Å². The summed E-state index contributed by atoms with van der Waals surface area (Å²) in [5.41, 5.74) is -0.297. The summed E-state index contributed by atoms with van der Waals surface area (Å²) in [4.78, 5) is 22.0. The van der Waals surface area contributed by atoms with Crippen molar-refractivity contribution in [2.75, 3.05) is 17.1 Å². The van der Waals surface area contributed by atoms with Crippen LogP contribution in [-0.2, 0) is 19.6 Å². The lowest BCUT2D eigenvalue weighted by molar-refractivity contribution is -0.139. The molecule has 19 heavy (non-hydrogen) atoms. The number of ether oxygens (including phenoxy) is 1. The fourth-order valence-electron chi connectivity index (χ4n) is 1.32. The molecule has 1 aromatic rings. The number of carboxylic acid groups (broad SMARTS) is 1. The van der Waals surface area contributed by atoms with Gasteiger partial charge in [0.2, 0.25) is 10.0 Å². The van der Waals surface area contributed by atoms with Crippen LogP contribution in [0.25, 0.3) is 0 Å². The normalized spacial score (nSPS) is 10.8. The van der Waals surface area contributed by atoms with E-state index in [1.54, 1.807) is 6.92 Å². The quantitative estimate of drug-likeness (QED) is 0.745. The highest BCUT2D eigenvalue weighted by atomic mass is 32.2. The summed E-state index contributed by atoms with van der Waals surface area (Å²) >= 11 is 0. The Labute approximate surface area is 110 Å². The second kappa shape index (κ2) is 6.19. The Morgan fingerprint density at radius 1 is 1.32 bits per heavy atom. The number of carbonyl (C=O) groups is 2. The van der Waals surface area contributed by atoms with Crippen LogP contribution in [0.3, 0.4) is 0 Å². The molecule has 2 N–H and O–H groups in total. The van der Waals surface area contributed by atoms with E-state index in [9.17, 15) is 18.0 Å². The van der Waals surface area contributed by atoms with Gasteiger partial charge in [0.1, 0.15) is 0 Å². The van der Waals surface area contributed by atoms with Gasteiger partial charge in [-0.3, -0.25) is 9.52 Å². The van der Waals surface area contributed by atoms with Crippen LogP contribution < -0.4 is 4.72 Å². The molecule has 0 unspecified atom stereocenters. The molecule has 0 fully saturated rings. The summed E-state index contributed by atoms with van der Waals surface area (Å²) in [5, 5.41) is 8.90. The molecular weight excluding hydrogens is 274 g/mol. The highest BCUT2D eigenvalue weighted by Crippen LogP contribution is 2.16. The van der Waals surface area contributed by atoms with Crippen LogP contribution in [0.5, 0.6) is 0 Å². The summed E-state index contributed by atoms with van der Waals surface area (Å²) in [6.45, 7) is 1.62. The maximum atomic E-state index is 11.7. The Morgan fingerprint density at radius 2 is 1.95 bits per heavy atom. The van der Waals surface area contributed by atoms with E-state index in [1.165, 1.54) is 24.3 Å². The van der Waals surface area contributed by atoms with Gasteiger partial charge in [-0.15, -0.1) is 0 Å². The summed E-state index contributed by atoms with van der Waals surface area (Å²) in [6.07, 6.45) is 0. The highest BCUT2D eigenvalue weighted by molar-refractivity contribution is 7.93. The molecule has 0 saturated carbocycles. The molecule has 0 aliphatic rings. The predicted octanol–water partition coefficient (Wildman–Crippen LogP) is 0.690. The van der Waals surface area contributed by atoms with Gasteiger partial charge in [-0.2, -0.15) is 0 Å². The molecule has 7 nitrogen and oxygen atoms in total. The molecule has 104 valence electrons. The van der Waals surface area contributed by atoms with Gasteiger partial charge < -0.3 is 9.84 Å². The van der Waals surface area contributed by atoms with Crippen molar-refractivity contribution in [2.24, 2.45) is 0 Å². The first-order chi connectivity index (χ1) is 8.85. The van der Waals surface area contributed by atoms with E-state index in [2.05, 4.69) is 4.74 Å². The average Bonchev–Trinajstić information content (AvgIpc) is 2.28. The molecule has 0 bridgehead atoms. The lowest BCUT2D eigenvalue weighted by Gasteiger charge is -2.09. The van der Waals surface area contributed by atoms with Crippen LogP contribution >= 0.6 is 0 Å². The Hall–Kier alpha value is -2.09. The van der Waals surface area contributed by atoms with E-state index in [1.807, 2.05) is 4.72 Å². The van der Waals surface area contributed by atoms with E-state index in [0.29, 0.717) is 0 Å². The van der Waals surface area contributed by atoms with E-state index in [4.69, 9.17) is 5.11 Å². The molecule has 0 amide bonds. The fraction of sp³-hybridized carbons (Fsp3) is 0.273. The summed E-state index contributed by atoms with van der Waals surface area (Å²) in [6, 6.07) is 5.50. The molecule has 0 atom stereocenters. The van der Waals surface area contributed by atoms with Crippen molar-refractivity contribution in [1.82, 2.24) is 0 Å². The van der Waals surface area contributed by atoms with Crippen LogP contribution in [0.2, 0.25) is 0 Å². The zero-order valence-corrected chi connectivity index (χ0v) is 10.9. The largest absolute Gasteiger partial charge is 0.478 e. The maximum Gasteiger partial charge on any atom is 0.337 e. The first kappa shape index (κ1) is 15.0. The Kier molecular flexibility index (Phi) is 4.87. The number of carboxylic acids is 1. The smallest absolute Gasteiger partial charge is 0.337 e. The van der Waals surface area contributed by atoms with Crippen molar-refractivity contribution in [3.63, 3.8) is 0 Å². The lowest BCUT2D eigenvalue weighted by Crippen LogP contribution is -2.25. The van der Waals surface area contributed by atoms with E-state index >= 15 is 0 Å². The molecule has 0 heterocycles. The first-order valence-corrected chi connectivity index (χ1v) is 6.99. The highest BCUT2D eigenvalue weighted by Gasteiger charge is 2.20. The van der Waals surface area contributed by atoms with Gasteiger partial charge in [-0.25, -0.2) is 13.2 Å². The first-order valence-electron chi connectivity index (χ1n) is 5.34. The number of hydrogen-bond donors (Lipinski definition) is 2. The number of benzene rings is 1. The zero-order chi connectivity index (χ0) is 14.5. The van der Waals surface area contributed by atoms with Gasteiger partial charge in [0.25, 0.3) is 0 Å². The van der Waals surface area contributed by atoms with Gasteiger partial charge in [0.15, 0.2) is 5.75 Å². The van der Waals surface area contributed by atoms with E-state index < -0.39 is 27.7 Å². The van der Waals surface area contributed by atoms with Crippen molar-refractivity contribution in [3.05, 3.63) is 29.8 Å². The molecule has 1 rings (SSSR count). The fourth-order valence-corrected chi connectivity index (χ4v) is 2.30. The topological polar surface area (TPSA) is 110 Å². The predicted molar refractivity (Wildman–Crippen MR) is 67.4 cm³/mol. The molecule has 8 heteroatoms. The van der Waals surface area contributed by atoms with Gasteiger partial charge in [-0.1, -0.05) is 12.1 Å². The Balaban J connectivity index is 2.90. The monoisotopic (exact) mass is 287 g/mol. The van der Waals surface area contributed by atoms with Gasteiger partial charge in [-0.05, 0) is 19.1 Å². The number of sulfonamides is 1. The summed E-state index contributed by atoms with van der Waals surface area (Å²) in [5.74, 6) is -3.04. The summed E-state index contributed by atoms with van der Waals surface area (Å²) < 4.78 is 29.9. The Morgan fingerprint density at radius 3 is 2.53 bits per heavy atom. The molecule has 0 spiro atoms. The van der Waals surface area contributed by atoms with Crippen molar-refractivity contribution in [1.29, 1.82) is 0 Å². The van der Waals surface area contributed by atoms with Crippen LogP contribution in [0.4, 0.5) is 5.69 Å². The molecule has 0 saturated heterocycles. The zero-order valence-electron chi connectivity index (χ0n) is 10.1. The third-order valence-corrected chi connectivity index (χ3v) is 3.18. The molecule has 0 aliphatic heterocycles. The van der Waals surface area contributed by atoms with Crippen LogP contribution in [-0.4, -0.2) is 37.8 Å². The van der Waals surface area contributed by atoms with Gasteiger partial charge >= 0.3 is 11.9 Å². The van der Waals surface area contributed by atoms with E-state index in [0.717, 1.165) is 0 Å². The van der Waals surface area contributed by atoms with Crippen molar-refractivity contribution in [2.45, 2.75) is 6.92 Å². The number of para-hydroxylation sites is 1. The lowest BCUT2D eigenvalue weighted by atomic mass is 10.2. The second-order valence-corrected chi connectivity index (χ2v) is 5.24. The maximum absolute atomic E-state index is 11.7. The number of carbonyl (C=O) groups excluding carboxylic acids is 1. The minimum Gasteiger partial charge on any atom is -0.478 e. The van der Waals surface area contributed by atoms with Gasteiger partial charge in [0, 0.05) is 0 Å². The van der Waals surface area contributed by atoms with Crippen LogP contribution in [0.1, 0.15) is 17.3 Å². The summed E-state index contributed by atoms with van der Waals surface area (Å²) in [7, 11) is -4.00. The van der Waals surface area contributed by atoms with Crippen molar-refractivity contribution in [3.8, 4) is 0 Å². The van der Waals surface area contributed by atoms with Gasteiger partial charge in [0.05, 0.1) is 17.9 Å². The van der Waals surface area contributed by atoms with Crippen molar-refractivity contribution >= 4 is 27.6 Å². The number of esters is 1. The molecule has 0 aliphatic carbocycles. The molecule has 0 radical (unpaired) electrons. The molecule has 0 aromatic heterocycles. The van der Waals surface area contributed by atoms with E-state index in [-0.39, 0.29) is 17.9 Å².